The lowest BCUT2D eigenvalue weighted by molar-refractivity contribution is -0.0311. The summed E-state index contributed by atoms with van der Waals surface area (Å²) in [6.07, 6.45) is 7.33. The van der Waals surface area contributed by atoms with Crippen molar-refractivity contribution in [3.63, 3.8) is 0 Å². The molecule has 1 amide bonds. The number of hydrogen-bond acceptors (Lipinski definition) is 3. The van der Waals surface area contributed by atoms with Crippen LogP contribution >= 0.6 is 0 Å². The molecule has 3 aliphatic heterocycles. The van der Waals surface area contributed by atoms with Gasteiger partial charge in [-0.05, 0) is 62.7 Å². The maximum atomic E-state index is 13.0. The summed E-state index contributed by atoms with van der Waals surface area (Å²) >= 11 is 0. The maximum Gasteiger partial charge on any atom is 0.414 e. The third-order valence-corrected chi connectivity index (χ3v) is 6.05. The molecule has 4 fully saturated rings. The zero-order chi connectivity index (χ0) is 16.4. The van der Waals surface area contributed by atoms with E-state index in [-0.39, 0.29) is 12.2 Å². The predicted octanol–water partition coefficient (Wildman–Crippen LogP) is 3.91. The van der Waals surface area contributed by atoms with Crippen molar-refractivity contribution in [3.8, 4) is 0 Å². The number of nitrogens with zero attached hydrogens (tertiary/aromatic N) is 2. The van der Waals surface area contributed by atoms with E-state index in [1.807, 2.05) is 35.2 Å². The zero-order valence-electron chi connectivity index (χ0n) is 14.4. The van der Waals surface area contributed by atoms with Gasteiger partial charge in [-0.2, -0.15) is 0 Å². The molecule has 5 rings (SSSR count). The van der Waals surface area contributed by atoms with Gasteiger partial charge in [-0.3, -0.25) is 9.80 Å². The summed E-state index contributed by atoms with van der Waals surface area (Å²) in [7, 11) is 0. The van der Waals surface area contributed by atoms with Crippen LogP contribution in [0.4, 0.5) is 10.5 Å². The zero-order valence-corrected chi connectivity index (χ0v) is 14.4. The van der Waals surface area contributed by atoms with Crippen molar-refractivity contribution in [2.75, 3.05) is 31.1 Å². The number of carbonyl (C=O) groups is 1. The SMILES string of the molecule is O=C(OC1CN2CCC1CC2)N(CC1CCCC1)c1ccccc1. The molecule has 3 heterocycles. The Labute approximate surface area is 144 Å². The molecule has 1 aromatic carbocycles. The second-order valence-electron chi connectivity index (χ2n) is 7.66. The standard InChI is InChI=1S/C20H28N2O2/c23-20(24-19-15-21-12-10-17(19)11-13-21)22(14-16-6-4-5-7-16)18-8-2-1-3-9-18/h1-3,8-9,16-17,19H,4-7,10-15H2. The first-order valence-electron chi connectivity index (χ1n) is 9.55. The van der Waals surface area contributed by atoms with E-state index in [4.69, 9.17) is 4.74 Å². The summed E-state index contributed by atoms with van der Waals surface area (Å²) in [5, 5.41) is 0. The Hall–Kier alpha value is -1.55. The van der Waals surface area contributed by atoms with Crippen LogP contribution in [-0.4, -0.2) is 43.3 Å². The van der Waals surface area contributed by atoms with E-state index in [2.05, 4.69) is 4.90 Å². The molecule has 0 spiro atoms. The Balaban J connectivity index is 1.46. The molecular formula is C20H28N2O2. The predicted molar refractivity (Wildman–Crippen MR) is 95.2 cm³/mol. The van der Waals surface area contributed by atoms with Crippen molar-refractivity contribution in [2.24, 2.45) is 11.8 Å². The monoisotopic (exact) mass is 328 g/mol. The first-order valence-corrected chi connectivity index (χ1v) is 9.55. The number of carbonyl (C=O) groups excluding carboxylic acids is 1. The molecule has 1 unspecified atom stereocenters. The van der Waals surface area contributed by atoms with E-state index in [0.717, 1.165) is 18.8 Å². The van der Waals surface area contributed by atoms with Gasteiger partial charge in [0.2, 0.25) is 0 Å². The van der Waals surface area contributed by atoms with Crippen LogP contribution in [0, 0.1) is 11.8 Å². The Morgan fingerprint density at radius 1 is 1.08 bits per heavy atom. The normalized spacial score (nSPS) is 29.6. The smallest absolute Gasteiger partial charge is 0.414 e. The average Bonchev–Trinajstić information content (AvgIpc) is 3.14. The van der Waals surface area contributed by atoms with Crippen LogP contribution in [0.1, 0.15) is 38.5 Å². The summed E-state index contributed by atoms with van der Waals surface area (Å²) in [5.41, 5.74) is 0.968. The number of para-hydroxylation sites is 1. The molecular weight excluding hydrogens is 300 g/mol. The molecule has 1 atom stereocenters. The fraction of sp³-hybridized carbons (Fsp3) is 0.650. The van der Waals surface area contributed by atoms with Gasteiger partial charge in [-0.25, -0.2) is 4.79 Å². The van der Waals surface area contributed by atoms with Crippen LogP contribution in [0.3, 0.4) is 0 Å². The Bertz CT molecular complexity index is 548. The highest BCUT2D eigenvalue weighted by Crippen LogP contribution is 2.31. The van der Waals surface area contributed by atoms with Crippen molar-refractivity contribution in [1.29, 1.82) is 0 Å². The van der Waals surface area contributed by atoms with E-state index in [9.17, 15) is 4.79 Å². The summed E-state index contributed by atoms with van der Waals surface area (Å²) in [5.74, 6) is 1.17. The fourth-order valence-electron chi connectivity index (χ4n) is 4.58. The third-order valence-electron chi connectivity index (χ3n) is 6.05. The first kappa shape index (κ1) is 15.9. The van der Waals surface area contributed by atoms with E-state index in [1.54, 1.807) is 0 Å². The van der Waals surface area contributed by atoms with Gasteiger partial charge >= 0.3 is 6.09 Å². The van der Waals surface area contributed by atoms with Gasteiger partial charge in [-0.15, -0.1) is 0 Å². The molecule has 24 heavy (non-hydrogen) atoms. The highest BCUT2D eigenvalue weighted by atomic mass is 16.6. The number of benzene rings is 1. The van der Waals surface area contributed by atoms with Crippen molar-refractivity contribution in [3.05, 3.63) is 30.3 Å². The number of hydrogen-bond donors (Lipinski definition) is 0. The van der Waals surface area contributed by atoms with E-state index >= 15 is 0 Å². The van der Waals surface area contributed by atoms with E-state index in [0.29, 0.717) is 11.8 Å². The highest BCUT2D eigenvalue weighted by Gasteiger charge is 2.37. The number of rotatable bonds is 4. The summed E-state index contributed by atoms with van der Waals surface area (Å²) in [6.45, 7) is 4.05. The van der Waals surface area contributed by atoms with Crippen LogP contribution in [0.2, 0.25) is 0 Å². The van der Waals surface area contributed by atoms with Gasteiger partial charge in [0.15, 0.2) is 0 Å². The van der Waals surface area contributed by atoms with Crippen molar-refractivity contribution < 1.29 is 9.53 Å². The Morgan fingerprint density at radius 2 is 1.79 bits per heavy atom. The molecule has 0 aromatic heterocycles. The minimum absolute atomic E-state index is 0.0785. The number of amides is 1. The lowest BCUT2D eigenvalue weighted by Gasteiger charge is -2.44. The van der Waals surface area contributed by atoms with Crippen LogP contribution in [0.5, 0.6) is 0 Å². The number of fused-ring (bicyclic) bond motifs is 3. The number of anilines is 1. The molecule has 130 valence electrons. The first-order chi connectivity index (χ1) is 11.8. The molecule has 4 heteroatoms. The largest absolute Gasteiger partial charge is 0.444 e. The van der Waals surface area contributed by atoms with Crippen LogP contribution in [0.15, 0.2) is 30.3 Å². The van der Waals surface area contributed by atoms with E-state index in [1.165, 1.54) is 51.6 Å². The lowest BCUT2D eigenvalue weighted by Crippen LogP contribution is -2.53. The number of piperidine rings is 3. The minimum atomic E-state index is -0.146. The quantitative estimate of drug-likeness (QED) is 0.840. The summed E-state index contributed by atoms with van der Waals surface area (Å²) in [6, 6.07) is 10.0. The topological polar surface area (TPSA) is 32.8 Å². The van der Waals surface area contributed by atoms with Gasteiger partial charge in [0, 0.05) is 18.8 Å². The van der Waals surface area contributed by atoms with E-state index < -0.39 is 0 Å². The van der Waals surface area contributed by atoms with Crippen LogP contribution in [0.25, 0.3) is 0 Å². The highest BCUT2D eigenvalue weighted by molar-refractivity contribution is 5.87. The molecule has 1 aliphatic carbocycles. The second kappa shape index (κ2) is 7.14. The van der Waals surface area contributed by atoms with Gasteiger partial charge in [-0.1, -0.05) is 31.0 Å². The molecule has 1 saturated carbocycles. The van der Waals surface area contributed by atoms with Gasteiger partial charge in [0.25, 0.3) is 0 Å². The molecule has 4 nitrogen and oxygen atoms in total. The third kappa shape index (κ3) is 3.44. The maximum absolute atomic E-state index is 13.0. The molecule has 0 radical (unpaired) electrons. The lowest BCUT2D eigenvalue weighted by atomic mass is 9.86. The second-order valence-corrected chi connectivity index (χ2v) is 7.66. The Kier molecular flexibility index (Phi) is 4.74. The van der Waals surface area contributed by atoms with Crippen LogP contribution in [-0.2, 0) is 4.74 Å². The summed E-state index contributed by atoms with van der Waals surface area (Å²) in [4.78, 5) is 17.3. The number of ether oxygens (including phenoxy) is 1. The van der Waals surface area contributed by atoms with Gasteiger partial charge < -0.3 is 4.74 Å². The van der Waals surface area contributed by atoms with Crippen molar-refractivity contribution in [1.82, 2.24) is 4.90 Å². The minimum Gasteiger partial charge on any atom is -0.444 e. The van der Waals surface area contributed by atoms with Crippen molar-refractivity contribution in [2.45, 2.75) is 44.6 Å². The fourth-order valence-corrected chi connectivity index (χ4v) is 4.58. The van der Waals surface area contributed by atoms with Crippen molar-refractivity contribution >= 4 is 11.8 Å². The average molecular weight is 328 g/mol. The molecule has 4 aliphatic rings. The molecule has 1 aromatic rings. The molecule has 2 bridgehead atoms. The van der Waals surface area contributed by atoms with Gasteiger partial charge in [0.05, 0.1) is 0 Å². The Morgan fingerprint density at radius 3 is 2.42 bits per heavy atom. The van der Waals surface area contributed by atoms with Crippen LogP contribution < -0.4 is 4.90 Å². The summed E-state index contributed by atoms with van der Waals surface area (Å²) < 4.78 is 6.00. The molecule has 0 N–H and O–H groups in total. The molecule has 3 saturated heterocycles. The van der Waals surface area contributed by atoms with Gasteiger partial charge in [0.1, 0.15) is 6.10 Å².